The predicted octanol–water partition coefficient (Wildman–Crippen LogP) is 6.41. The summed E-state index contributed by atoms with van der Waals surface area (Å²) in [6.45, 7) is 0. The molecular weight excluding hydrogens is 362 g/mol. The number of para-hydroxylation sites is 1. The zero-order valence-corrected chi connectivity index (χ0v) is 15.4. The van der Waals surface area contributed by atoms with E-state index in [1.54, 1.807) is 0 Å². The number of halogens is 1. The van der Waals surface area contributed by atoms with Crippen molar-refractivity contribution in [1.82, 2.24) is 9.66 Å². The third-order valence-corrected chi connectivity index (χ3v) is 4.80. The summed E-state index contributed by atoms with van der Waals surface area (Å²) < 4.78 is 2.40. The van der Waals surface area contributed by atoms with Crippen molar-refractivity contribution in [2.75, 3.05) is 5.43 Å². The molecule has 0 saturated carbocycles. The molecule has 4 rings (SSSR count). The van der Waals surface area contributed by atoms with Crippen LogP contribution in [-0.2, 0) is 0 Å². The molecule has 128 valence electrons. The van der Waals surface area contributed by atoms with Crippen molar-refractivity contribution in [2.24, 2.45) is 0 Å². The molecule has 0 bridgehead atoms. The number of rotatable bonds is 4. The molecule has 0 amide bonds. The van der Waals surface area contributed by atoms with Gasteiger partial charge < -0.3 is 4.98 Å². The molecule has 26 heavy (non-hydrogen) atoms. The maximum absolute atomic E-state index is 6.26. The van der Waals surface area contributed by atoms with Crippen LogP contribution in [0, 0.1) is 4.77 Å². The highest BCUT2D eigenvalue weighted by Crippen LogP contribution is 2.26. The standard InChI is InChI=1S/C21H16ClN3S/c22-18-8-4-5-9-19(18)24-25-20(14-23-21(25)26)17-12-10-16(11-13-17)15-6-2-1-3-7-15/h1-14,24H,(H,23,26). The molecule has 0 saturated heterocycles. The van der Waals surface area contributed by atoms with Gasteiger partial charge in [-0.05, 0) is 35.5 Å². The van der Waals surface area contributed by atoms with Crippen LogP contribution in [0.1, 0.15) is 0 Å². The van der Waals surface area contributed by atoms with Gasteiger partial charge >= 0.3 is 0 Å². The maximum atomic E-state index is 6.26. The van der Waals surface area contributed by atoms with E-state index in [0.717, 1.165) is 16.9 Å². The number of H-pyrrole nitrogens is 1. The van der Waals surface area contributed by atoms with Gasteiger partial charge in [0.25, 0.3) is 0 Å². The summed E-state index contributed by atoms with van der Waals surface area (Å²) in [5, 5.41) is 0.640. The normalized spacial score (nSPS) is 10.7. The van der Waals surface area contributed by atoms with Crippen molar-refractivity contribution in [2.45, 2.75) is 0 Å². The monoisotopic (exact) mass is 377 g/mol. The van der Waals surface area contributed by atoms with E-state index in [0.29, 0.717) is 9.79 Å². The molecule has 0 aliphatic rings. The topological polar surface area (TPSA) is 32.8 Å². The lowest BCUT2D eigenvalue weighted by atomic mass is 10.0. The number of hydrogen-bond acceptors (Lipinski definition) is 2. The van der Waals surface area contributed by atoms with Crippen molar-refractivity contribution in [3.63, 3.8) is 0 Å². The minimum atomic E-state index is 0.576. The van der Waals surface area contributed by atoms with E-state index in [9.17, 15) is 0 Å². The molecule has 0 radical (unpaired) electrons. The lowest BCUT2D eigenvalue weighted by Crippen LogP contribution is -2.10. The Hall–Kier alpha value is -2.82. The van der Waals surface area contributed by atoms with E-state index in [1.807, 2.05) is 53.3 Å². The Kier molecular flexibility index (Phi) is 4.61. The van der Waals surface area contributed by atoms with E-state index >= 15 is 0 Å². The molecule has 3 aromatic carbocycles. The summed E-state index contributed by atoms with van der Waals surface area (Å²) in [6.07, 6.45) is 1.89. The number of aromatic nitrogens is 2. The van der Waals surface area contributed by atoms with Crippen LogP contribution in [0.15, 0.2) is 85.1 Å². The van der Waals surface area contributed by atoms with Crippen molar-refractivity contribution in [1.29, 1.82) is 0 Å². The Morgan fingerprint density at radius 3 is 2.12 bits per heavy atom. The minimum absolute atomic E-state index is 0.576. The smallest absolute Gasteiger partial charge is 0.196 e. The highest BCUT2D eigenvalue weighted by Gasteiger charge is 2.09. The fourth-order valence-electron chi connectivity index (χ4n) is 2.83. The van der Waals surface area contributed by atoms with Gasteiger partial charge in [0, 0.05) is 11.8 Å². The van der Waals surface area contributed by atoms with Crippen LogP contribution in [-0.4, -0.2) is 9.66 Å². The molecule has 0 fully saturated rings. The Bertz CT molecular complexity index is 1080. The quantitative estimate of drug-likeness (QED) is 0.403. The molecular formula is C21H16ClN3S. The molecule has 1 heterocycles. The van der Waals surface area contributed by atoms with Gasteiger partial charge in [0.2, 0.25) is 0 Å². The Labute approximate surface area is 161 Å². The van der Waals surface area contributed by atoms with Gasteiger partial charge in [-0.3, -0.25) is 5.43 Å². The number of nitrogens with zero attached hydrogens (tertiary/aromatic N) is 1. The third-order valence-electron chi connectivity index (χ3n) is 4.17. The van der Waals surface area contributed by atoms with Gasteiger partial charge in [-0.1, -0.05) is 78.3 Å². The van der Waals surface area contributed by atoms with Gasteiger partial charge in [-0.15, -0.1) is 0 Å². The maximum Gasteiger partial charge on any atom is 0.196 e. The second-order valence-corrected chi connectivity index (χ2v) is 6.64. The van der Waals surface area contributed by atoms with Gasteiger partial charge in [-0.25, -0.2) is 4.68 Å². The molecule has 3 nitrogen and oxygen atoms in total. The summed E-state index contributed by atoms with van der Waals surface area (Å²) in [4.78, 5) is 3.09. The summed E-state index contributed by atoms with van der Waals surface area (Å²) in [7, 11) is 0. The van der Waals surface area contributed by atoms with Crippen LogP contribution in [0.4, 0.5) is 5.69 Å². The van der Waals surface area contributed by atoms with Crippen LogP contribution >= 0.6 is 23.8 Å². The van der Waals surface area contributed by atoms with E-state index in [2.05, 4.69) is 46.8 Å². The van der Waals surface area contributed by atoms with Crippen LogP contribution in [0.5, 0.6) is 0 Å². The van der Waals surface area contributed by atoms with Crippen molar-refractivity contribution in [3.8, 4) is 22.4 Å². The number of benzene rings is 3. The molecule has 2 N–H and O–H groups in total. The largest absolute Gasteiger partial charge is 0.335 e. The lowest BCUT2D eigenvalue weighted by Gasteiger charge is -2.13. The zero-order chi connectivity index (χ0) is 17.9. The van der Waals surface area contributed by atoms with Gasteiger partial charge in [-0.2, -0.15) is 0 Å². The highest BCUT2D eigenvalue weighted by atomic mass is 35.5. The molecule has 4 aromatic rings. The fraction of sp³-hybridized carbons (Fsp3) is 0. The number of hydrogen-bond donors (Lipinski definition) is 2. The molecule has 5 heteroatoms. The van der Waals surface area contributed by atoms with Crippen LogP contribution in [0.25, 0.3) is 22.4 Å². The Morgan fingerprint density at radius 1 is 0.769 bits per heavy atom. The van der Waals surface area contributed by atoms with Crippen LogP contribution in [0.2, 0.25) is 5.02 Å². The van der Waals surface area contributed by atoms with Gasteiger partial charge in [0.1, 0.15) is 0 Å². The van der Waals surface area contributed by atoms with Crippen LogP contribution in [0.3, 0.4) is 0 Å². The van der Waals surface area contributed by atoms with Crippen molar-refractivity contribution < 1.29 is 0 Å². The average molecular weight is 378 g/mol. The Morgan fingerprint density at radius 2 is 1.38 bits per heavy atom. The lowest BCUT2D eigenvalue weighted by molar-refractivity contribution is 0.942. The summed E-state index contributed by atoms with van der Waals surface area (Å²) in [5.74, 6) is 0. The first kappa shape index (κ1) is 16.6. The fourth-order valence-corrected chi connectivity index (χ4v) is 3.21. The number of imidazole rings is 1. The molecule has 0 atom stereocenters. The molecule has 1 aromatic heterocycles. The zero-order valence-electron chi connectivity index (χ0n) is 13.8. The third kappa shape index (κ3) is 3.29. The van der Waals surface area contributed by atoms with Crippen molar-refractivity contribution >= 4 is 29.5 Å². The highest BCUT2D eigenvalue weighted by molar-refractivity contribution is 7.71. The molecule has 0 aliphatic heterocycles. The van der Waals surface area contributed by atoms with E-state index in [4.69, 9.17) is 23.8 Å². The first-order valence-corrected chi connectivity index (χ1v) is 8.99. The van der Waals surface area contributed by atoms with E-state index in [1.165, 1.54) is 11.1 Å². The number of nitrogens with one attached hydrogen (secondary N) is 2. The van der Waals surface area contributed by atoms with Gasteiger partial charge in [0.15, 0.2) is 4.77 Å². The number of anilines is 1. The summed E-state index contributed by atoms with van der Waals surface area (Å²) >= 11 is 11.7. The predicted molar refractivity (Wildman–Crippen MR) is 111 cm³/mol. The second kappa shape index (κ2) is 7.20. The summed E-state index contributed by atoms with van der Waals surface area (Å²) in [5.41, 5.74) is 8.44. The Balaban J connectivity index is 1.69. The van der Waals surface area contributed by atoms with Crippen molar-refractivity contribution in [3.05, 3.63) is 94.9 Å². The molecule has 0 aliphatic carbocycles. The summed E-state index contributed by atoms with van der Waals surface area (Å²) in [6, 6.07) is 26.3. The first-order valence-electron chi connectivity index (χ1n) is 8.20. The SMILES string of the molecule is S=c1[nH]cc(-c2ccc(-c3ccccc3)cc2)n1Nc1ccccc1Cl. The molecule has 0 unspecified atom stereocenters. The number of aromatic amines is 1. The van der Waals surface area contributed by atoms with E-state index < -0.39 is 0 Å². The first-order chi connectivity index (χ1) is 12.7. The second-order valence-electron chi connectivity index (χ2n) is 5.85. The van der Waals surface area contributed by atoms with Crippen LogP contribution < -0.4 is 5.43 Å². The van der Waals surface area contributed by atoms with Gasteiger partial charge in [0.05, 0.1) is 16.4 Å². The van der Waals surface area contributed by atoms with E-state index in [-0.39, 0.29) is 0 Å². The molecule has 0 spiro atoms. The minimum Gasteiger partial charge on any atom is -0.335 e. The average Bonchev–Trinajstić information content (AvgIpc) is 3.05.